The summed E-state index contributed by atoms with van der Waals surface area (Å²) in [5, 5.41) is 2.11. The monoisotopic (exact) mass is 250 g/mol. The fourth-order valence-electron chi connectivity index (χ4n) is 1.70. The van der Waals surface area contributed by atoms with Crippen molar-refractivity contribution in [2.45, 2.75) is 6.42 Å². The van der Waals surface area contributed by atoms with E-state index in [9.17, 15) is 18.8 Å². The van der Waals surface area contributed by atoms with Gasteiger partial charge in [-0.25, -0.2) is 4.39 Å². The summed E-state index contributed by atoms with van der Waals surface area (Å²) >= 11 is 0. The number of carbonyl (C=O) groups is 3. The van der Waals surface area contributed by atoms with Crippen molar-refractivity contribution in [1.29, 1.82) is 0 Å². The molecule has 0 aliphatic carbocycles. The summed E-state index contributed by atoms with van der Waals surface area (Å²) in [6.45, 7) is -0.239. The highest BCUT2D eigenvalue weighted by molar-refractivity contribution is 6.02. The van der Waals surface area contributed by atoms with Crippen molar-refractivity contribution in [3.8, 4) is 0 Å². The lowest BCUT2D eigenvalue weighted by Crippen LogP contribution is -2.53. The second-order valence-electron chi connectivity index (χ2n) is 4.02. The predicted octanol–water partition coefficient (Wildman–Crippen LogP) is -0.147. The maximum atomic E-state index is 12.7. The van der Waals surface area contributed by atoms with Crippen LogP contribution in [0.5, 0.6) is 0 Å². The fraction of sp³-hybridized carbons (Fsp3) is 0.250. The molecule has 0 atom stereocenters. The van der Waals surface area contributed by atoms with Gasteiger partial charge in [0.1, 0.15) is 18.9 Å². The van der Waals surface area contributed by atoms with Crippen LogP contribution >= 0.6 is 0 Å². The van der Waals surface area contributed by atoms with Crippen molar-refractivity contribution < 1.29 is 18.8 Å². The van der Waals surface area contributed by atoms with Gasteiger partial charge in [0.05, 0.1) is 6.42 Å². The summed E-state index contributed by atoms with van der Waals surface area (Å²) in [6, 6.07) is 5.52. The second-order valence-corrected chi connectivity index (χ2v) is 4.02. The van der Waals surface area contributed by atoms with Crippen molar-refractivity contribution in [1.82, 2.24) is 10.2 Å². The van der Waals surface area contributed by atoms with Gasteiger partial charge < -0.3 is 4.90 Å². The molecule has 3 amide bonds. The van der Waals surface area contributed by atoms with E-state index in [4.69, 9.17) is 0 Å². The van der Waals surface area contributed by atoms with E-state index in [0.29, 0.717) is 5.56 Å². The van der Waals surface area contributed by atoms with E-state index in [1.54, 1.807) is 0 Å². The molecule has 1 aliphatic heterocycles. The number of nitrogens with one attached hydrogen (secondary N) is 1. The van der Waals surface area contributed by atoms with Crippen LogP contribution in [0.2, 0.25) is 0 Å². The van der Waals surface area contributed by atoms with Crippen LogP contribution in [-0.2, 0) is 20.8 Å². The molecule has 0 saturated carbocycles. The van der Waals surface area contributed by atoms with E-state index in [0.717, 1.165) is 0 Å². The predicted molar refractivity (Wildman–Crippen MR) is 59.8 cm³/mol. The van der Waals surface area contributed by atoms with Crippen molar-refractivity contribution in [3.05, 3.63) is 35.6 Å². The summed E-state index contributed by atoms with van der Waals surface area (Å²) in [5.41, 5.74) is 0.639. The highest BCUT2D eigenvalue weighted by Crippen LogP contribution is 2.06. The number of imide groups is 1. The molecule has 6 heteroatoms. The number of carbonyl (C=O) groups excluding carboxylic acids is 3. The van der Waals surface area contributed by atoms with Crippen molar-refractivity contribution in [2.24, 2.45) is 0 Å². The van der Waals surface area contributed by atoms with Crippen LogP contribution < -0.4 is 5.32 Å². The average molecular weight is 250 g/mol. The molecule has 1 aliphatic rings. The standard InChI is InChI=1S/C12H11FN2O3/c13-9-3-1-8(2-4-9)5-12(18)15-6-10(16)14-11(17)7-15/h1-4H,5-7H2,(H,14,16,17). The lowest BCUT2D eigenvalue weighted by atomic mass is 10.1. The summed E-state index contributed by atoms with van der Waals surface area (Å²) in [5.74, 6) is -1.68. The third-order valence-corrected chi connectivity index (χ3v) is 2.57. The number of benzene rings is 1. The van der Waals surface area contributed by atoms with E-state index >= 15 is 0 Å². The molecule has 1 heterocycles. The highest BCUT2D eigenvalue weighted by Gasteiger charge is 2.26. The number of hydrogen-bond acceptors (Lipinski definition) is 3. The molecule has 1 N–H and O–H groups in total. The molecule has 5 nitrogen and oxygen atoms in total. The first-order valence-electron chi connectivity index (χ1n) is 5.39. The van der Waals surface area contributed by atoms with Crippen LogP contribution in [0, 0.1) is 5.82 Å². The number of hydrogen-bond donors (Lipinski definition) is 1. The normalized spacial score (nSPS) is 15.5. The number of amides is 3. The van der Waals surface area contributed by atoms with Crippen molar-refractivity contribution >= 4 is 17.7 Å². The summed E-state index contributed by atoms with van der Waals surface area (Å²) in [6.07, 6.45) is 0.0425. The minimum absolute atomic E-state index is 0.0425. The van der Waals surface area contributed by atoms with Crippen molar-refractivity contribution in [3.63, 3.8) is 0 Å². The minimum Gasteiger partial charge on any atom is -0.324 e. The summed E-state index contributed by atoms with van der Waals surface area (Å²) in [4.78, 5) is 35.2. The lowest BCUT2D eigenvalue weighted by molar-refractivity contribution is -0.145. The third kappa shape index (κ3) is 2.91. The molecule has 1 fully saturated rings. The van der Waals surface area contributed by atoms with Crippen LogP contribution in [0.4, 0.5) is 4.39 Å². The van der Waals surface area contributed by atoms with E-state index < -0.39 is 11.8 Å². The van der Waals surface area contributed by atoms with Gasteiger partial charge in [0.2, 0.25) is 17.7 Å². The first-order valence-corrected chi connectivity index (χ1v) is 5.39. The number of rotatable bonds is 2. The molecule has 94 valence electrons. The summed E-state index contributed by atoms with van der Waals surface area (Å²) < 4.78 is 12.7. The molecule has 1 aromatic rings. The number of nitrogens with zero attached hydrogens (tertiary/aromatic N) is 1. The molecular weight excluding hydrogens is 239 g/mol. The smallest absolute Gasteiger partial charge is 0.246 e. The Morgan fingerprint density at radius 2 is 1.72 bits per heavy atom. The van der Waals surface area contributed by atoms with Gasteiger partial charge in [0, 0.05) is 0 Å². The lowest BCUT2D eigenvalue weighted by Gasteiger charge is -2.25. The molecule has 0 spiro atoms. The molecule has 0 radical (unpaired) electrons. The van der Waals surface area contributed by atoms with Crippen molar-refractivity contribution in [2.75, 3.05) is 13.1 Å². The zero-order valence-electron chi connectivity index (χ0n) is 9.48. The quantitative estimate of drug-likeness (QED) is 0.742. The van der Waals surface area contributed by atoms with Crippen LogP contribution in [0.3, 0.4) is 0 Å². The van der Waals surface area contributed by atoms with Gasteiger partial charge in [0.15, 0.2) is 0 Å². The molecule has 2 rings (SSSR count). The van der Waals surface area contributed by atoms with Gasteiger partial charge in [-0.1, -0.05) is 12.1 Å². The molecule has 0 bridgehead atoms. The first-order chi connectivity index (χ1) is 8.54. The van der Waals surface area contributed by atoms with Crippen LogP contribution in [0.1, 0.15) is 5.56 Å². The van der Waals surface area contributed by atoms with Gasteiger partial charge in [-0.3, -0.25) is 19.7 Å². The van der Waals surface area contributed by atoms with Gasteiger partial charge in [-0.05, 0) is 17.7 Å². The summed E-state index contributed by atoms with van der Waals surface area (Å²) in [7, 11) is 0. The highest BCUT2D eigenvalue weighted by atomic mass is 19.1. The second kappa shape index (κ2) is 4.95. The zero-order chi connectivity index (χ0) is 13.1. The van der Waals surface area contributed by atoms with E-state index in [-0.39, 0.29) is 31.2 Å². The minimum atomic E-state index is -0.487. The van der Waals surface area contributed by atoms with Crippen LogP contribution in [-0.4, -0.2) is 35.7 Å². The molecule has 1 saturated heterocycles. The molecule has 18 heavy (non-hydrogen) atoms. The Morgan fingerprint density at radius 1 is 1.17 bits per heavy atom. The van der Waals surface area contributed by atoms with Crippen LogP contribution in [0.15, 0.2) is 24.3 Å². The number of piperazine rings is 1. The maximum Gasteiger partial charge on any atom is 0.246 e. The zero-order valence-corrected chi connectivity index (χ0v) is 9.48. The largest absolute Gasteiger partial charge is 0.324 e. The number of halogens is 1. The SMILES string of the molecule is O=C1CN(C(=O)Cc2ccc(F)cc2)CC(=O)N1. The Morgan fingerprint density at radius 3 is 2.28 bits per heavy atom. The van der Waals surface area contributed by atoms with Crippen LogP contribution in [0.25, 0.3) is 0 Å². The van der Waals surface area contributed by atoms with Gasteiger partial charge in [0.25, 0.3) is 0 Å². The van der Waals surface area contributed by atoms with Gasteiger partial charge in [-0.2, -0.15) is 0 Å². The third-order valence-electron chi connectivity index (χ3n) is 2.57. The Hall–Kier alpha value is -2.24. The molecular formula is C12H11FN2O3. The molecule has 0 unspecified atom stereocenters. The first kappa shape index (κ1) is 12.2. The van der Waals surface area contributed by atoms with E-state index in [1.807, 2.05) is 0 Å². The maximum absolute atomic E-state index is 12.7. The molecule has 0 aromatic heterocycles. The van der Waals surface area contributed by atoms with E-state index in [2.05, 4.69) is 5.32 Å². The Labute approximate surface area is 103 Å². The van der Waals surface area contributed by atoms with Gasteiger partial charge in [-0.15, -0.1) is 0 Å². The topological polar surface area (TPSA) is 66.5 Å². The fourth-order valence-corrected chi connectivity index (χ4v) is 1.70. The average Bonchev–Trinajstić information content (AvgIpc) is 2.31. The Balaban J connectivity index is 2.01. The Kier molecular flexibility index (Phi) is 3.36. The van der Waals surface area contributed by atoms with E-state index in [1.165, 1.54) is 29.2 Å². The molecule has 1 aromatic carbocycles. The van der Waals surface area contributed by atoms with Gasteiger partial charge >= 0.3 is 0 Å². The Bertz CT molecular complexity index is 483.